The first-order valence-corrected chi connectivity index (χ1v) is 10.8. The molecule has 8 heteroatoms. The number of sulfonamides is 1. The Kier molecular flexibility index (Phi) is 5.27. The molecule has 0 amide bonds. The van der Waals surface area contributed by atoms with Crippen LogP contribution in [0, 0.1) is 0 Å². The van der Waals surface area contributed by atoms with E-state index in [1.165, 1.54) is 12.1 Å². The van der Waals surface area contributed by atoms with Crippen LogP contribution in [0.4, 0.5) is 5.69 Å². The third-order valence-electron chi connectivity index (χ3n) is 3.23. The number of anilines is 1. The number of para-hydroxylation sites is 3. The van der Waals surface area contributed by atoms with Gasteiger partial charge in [-0.05, 0) is 30.7 Å². The van der Waals surface area contributed by atoms with E-state index in [0.717, 1.165) is 14.6 Å². The first-order valence-electron chi connectivity index (χ1n) is 7.30. The molecule has 1 aromatic heterocycles. The number of fused-ring (bicyclic) bond motifs is 1. The number of aromatic hydroxyl groups is 1. The minimum absolute atomic E-state index is 0.000765. The maximum Gasteiger partial charge on any atom is 0.232 e. The maximum atomic E-state index is 12.1. The Morgan fingerprint density at radius 2 is 1.88 bits per heavy atom. The Bertz CT molecular complexity index is 905. The normalized spacial score (nSPS) is 11.7. The molecule has 24 heavy (non-hydrogen) atoms. The average molecular weight is 381 g/mol. The van der Waals surface area contributed by atoms with Crippen LogP contribution in [-0.4, -0.2) is 30.0 Å². The lowest BCUT2D eigenvalue weighted by atomic mass is 10.3. The van der Waals surface area contributed by atoms with Gasteiger partial charge in [-0.25, -0.2) is 13.4 Å². The highest BCUT2D eigenvalue weighted by molar-refractivity contribution is 8.01. The lowest BCUT2D eigenvalue weighted by Crippen LogP contribution is -2.17. The standard InChI is InChI=1S/C16H16N2O3S3/c19-14-8-3-1-6-12(14)18-24(20,21)11-5-10-22-16-17-13-7-2-4-9-15(13)23-16/h1-4,6-9,18-19H,5,10-11H2. The van der Waals surface area contributed by atoms with Gasteiger partial charge >= 0.3 is 0 Å². The van der Waals surface area contributed by atoms with Crippen LogP contribution in [0.25, 0.3) is 10.2 Å². The topological polar surface area (TPSA) is 79.3 Å². The molecule has 126 valence electrons. The molecule has 0 aliphatic carbocycles. The third-order valence-corrected chi connectivity index (χ3v) is 6.85. The molecule has 0 aliphatic heterocycles. The summed E-state index contributed by atoms with van der Waals surface area (Å²) >= 11 is 3.18. The van der Waals surface area contributed by atoms with Crippen LogP contribution in [0.1, 0.15) is 6.42 Å². The number of phenols is 1. The number of phenolic OH excluding ortho intramolecular Hbond substituents is 1. The van der Waals surface area contributed by atoms with E-state index in [2.05, 4.69) is 9.71 Å². The largest absolute Gasteiger partial charge is 0.506 e. The Morgan fingerprint density at radius 3 is 2.67 bits per heavy atom. The summed E-state index contributed by atoms with van der Waals surface area (Å²) in [5.74, 6) is 0.589. The van der Waals surface area contributed by atoms with Crippen molar-refractivity contribution >= 4 is 49.0 Å². The second-order valence-corrected chi connectivity index (χ2v) is 9.30. The number of rotatable bonds is 7. The predicted molar refractivity (Wildman–Crippen MR) is 100 cm³/mol. The summed E-state index contributed by atoms with van der Waals surface area (Å²) in [7, 11) is -3.48. The Balaban J connectivity index is 1.51. The molecule has 0 bridgehead atoms. The minimum atomic E-state index is -3.48. The molecule has 0 atom stereocenters. The van der Waals surface area contributed by atoms with Crippen molar-refractivity contribution in [2.75, 3.05) is 16.2 Å². The Morgan fingerprint density at radius 1 is 1.12 bits per heavy atom. The van der Waals surface area contributed by atoms with E-state index in [0.29, 0.717) is 12.2 Å². The molecule has 0 spiro atoms. The molecular weight excluding hydrogens is 364 g/mol. The number of benzene rings is 2. The van der Waals surface area contributed by atoms with Crippen LogP contribution in [0.5, 0.6) is 5.75 Å². The van der Waals surface area contributed by atoms with Gasteiger partial charge in [-0.3, -0.25) is 4.72 Å². The van der Waals surface area contributed by atoms with Crippen molar-refractivity contribution in [2.24, 2.45) is 0 Å². The zero-order valence-corrected chi connectivity index (χ0v) is 15.1. The van der Waals surface area contributed by atoms with Crippen LogP contribution < -0.4 is 4.72 Å². The molecular formula is C16H16N2O3S3. The summed E-state index contributed by atoms with van der Waals surface area (Å²) in [4.78, 5) is 4.51. The summed E-state index contributed by atoms with van der Waals surface area (Å²) in [6, 6.07) is 14.2. The summed E-state index contributed by atoms with van der Waals surface area (Å²) in [6.07, 6.45) is 0.503. The van der Waals surface area contributed by atoms with Crippen LogP contribution in [-0.2, 0) is 10.0 Å². The van der Waals surface area contributed by atoms with Gasteiger partial charge in [0.2, 0.25) is 10.0 Å². The van der Waals surface area contributed by atoms with Gasteiger partial charge in [0.1, 0.15) is 5.75 Å². The second-order valence-electron chi connectivity index (χ2n) is 5.09. The van der Waals surface area contributed by atoms with Crippen LogP contribution >= 0.6 is 23.1 Å². The number of aromatic nitrogens is 1. The average Bonchev–Trinajstić information content (AvgIpc) is 2.96. The highest BCUT2D eigenvalue weighted by atomic mass is 32.2. The molecule has 2 N–H and O–H groups in total. The lowest BCUT2D eigenvalue weighted by molar-refractivity contribution is 0.477. The van der Waals surface area contributed by atoms with Crippen molar-refractivity contribution in [2.45, 2.75) is 10.8 Å². The smallest absolute Gasteiger partial charge is 0.232 e. The second kappa shape index (κ2) is 7.42. The van der Waals surface area contributed by atoms with Gasteiger partial charge < -0.3 is 5.11 Å². The maximum absolute atomic E-state index is 12.1. The van der Waals surface area contributed by atoms with Crippen molar-refractivity contribution < 1.29 is 13.5 Å². The number of hydrogen-bond acceptors (Lipinski definition) is 6. The summed E-state index contributed by atoms with van der Waals surface area (Å²) in [6.45, 7) is 0. The SMILES string of the molecule is O=S(=O)(CCCSc1nc2ccccc2s1)Nc1ccccc1O. The fourth-order valence-electron chi connectivity index (χ4n) is 2.10. The summed E-state index contributed by atoms with van der Waals surface area (Å²) in [5.41, 5.74) is 1.18. The fraction of sp³-hybridized carbons (Fsp3) is 0.188. The van der Waals surface area contributed by atoms with Gasteiger partial charge in [0.05, 0.1) is 21.7 Å². The quantitative estimate of drug-likeness (QED) is 0.369. The van der Waals surface area contributed by atoms with Crippen molar-refractivity contribution in [3.63, 3.8) is 0 Å². The monoisotopic (exact) mass is 380 g/mol. The molecule has 0 saturated carbocycles. The Hall–Kier alpha value is -1.77. The van der Waals surface area contributed by atoms with Crippen molar-refractivity contribution in [3.8, 4) is 5.75 Å². The van der Waals surface area contributed by atoms with Gasteiger partial charge in [0, 0.05) is 5.75 Å². The minimum Gasteiger partial charge on any atom is -0.506 e. The van der Waals surface area contributed by atoms with Crippen molar-refractivity contribution in [1.82, 2.24) is 4.98 Å². The van der Waals surface area contributed by atoms with Gasteiger partial charge in [-0.1, -0.05) is 36.0 Å². The third kappa shape index (κ3) is 4.40. The van der Waals surface area contributed by atoms with Crippen LogP contribution in [0.2, 0.25) is 0 Å². The first-order chi connectivity index (χ1) is 11.5. The number of thioether (sulfide) groups is 1. The van der Waals surface area contributed by atoms with E-state index >= 15 is 0 Å². The van der Waals surface area contributed by atoms with E-state index in [4.69, 9.17) is 0 Å². The molecule has 1 heterocycles. The first kappa shape index (κ1) is 17.1. The molecule has 2 aromatic carbocycles. The molecule has 3 rings (SSSR count). The van der Waals surface area contributed by atoms with E-state index in [1.807, 2.05) is 24.3 Å². The van der Waals surface area contributed by atoms with E-state index in [9.17, 15) is 13.5 Å². The molecule has 5 nitrogen and oxygen atoms in total. The summed E-state index contributed by atoms with van der Waals surface area (Å²) < 4.78 is 28.6. The van der Waals surface area contributed by atoms with Crippen LogP contribution in [0.3, 0.4) is 0 Å². The Labute approximate surface area is 148 Å². The summed E-state index contributed by atoms with van der Waals surface area (Å²) in [5, 5.41) is 9.63. The fourth-order valence-corrected chi connectivity index (χ4v) is 5.49. The predicted octanol–water partition coefficient (Wildman–Crippen LogP) is 3.93. The highest BCUT2D eigenvalue weighted by Gasteiger charge is 2.13. The molecule has 0 radical (unpaired) electrons. The highest BCUT2D eigenvalue weighted by Crippen LogP contribution is 2.29. The molecule has 0 saturated heterocycles. The zero-order chi connectivity index (χ0) is 17.0. The van der Waals surface area contributed by atoms with Crippen LogP contribution in [0.15, 0.2) is 52.9 Å². The molecule has 0 fully saturated rings. The lowest BCUT2D eigenvalue weighted by Gasteiger charge is -2.08. The zero-order valence-electron chi connectivity index (χ0n) is 12.7. The number of nitrogens with zero attached hydrogens (tertiary/aromatic N) is 1. The number of hydrogen-bond donors (Lipinski definition) is 2. The van der Waals surface area contributed by atoms with E-state index in [1.54, 1.807) is 35.2 Å². The van der Waals surface area contributed by atoms with Gasteiger partial charge in [0.25, 0.3) is 0 Å². The molecule has 0 aliphatic rings. The van der Waals surface area contributed by atoms with E-state index < -0.39 is 10.0 Å². The molecule has 0 unspecified atom stereocenters. The van der Waals surface area contributed by atoms with E-state index in [-0.39, 0.29) is 17.2 Å². The van der Waals surface area contributed by atoms with Crippen molar-refractivity contribution in [1.29, 1.82) is 0 Å². The van der Waals surface area contributed by atoms with Gasteiger partial charge in [0.15, 0.2) is 4.34 Å². The number of thiazole rings is 1. The van der Waals surface area contributed by atoms with Gasteiger partial charge in [-0.15, -0.1) is 11.3 Å². The number of nitrogens with one attached hydrogen (secondary N) is 1. The molecule has 3 aromatic rings. The van der Waals surface area contributed by atoms with Gasteiger partial charge in [-0.2, -0.15) is 0 Å². The van der Waals surface area contributed by atoms with Crippen molar-refractivity contribution in [3.05, 3.63) is 48.5 Å².